The zero-order chi connectivity index (χ0) is 45.3. The third-order valence-electron chi connectivity index (χ3n) is 10.7. The highest BCUT2D eigenvalue weighted by Crippen LogP contribution is 2.43. The monoisotopic (exact) mass is 892 g/mol. The Balaban J connectivity index is 3.82. The van der Waals surface area contributed by atoms with Crippen molar-refractivity contribution in [1.29, 1.82) is 0 Å². The highest BCUT2D eigenvalue weighted by molar-refractivity contribution is 7.47. The number of nitrogens with two attached hydrogens (primary N) is 1. The summed E-state index contributed by atoms with van der Waals surface area (Å²) in [6.45, 7) is 3.60. The van der Waals surface area contributed by atoms with E-state index in [2.05, 4.69) is 74.6 Å². The van der Waals surface area contributed by atoms with Crippen LogP contribution in [0.1, 0.15) is 226 Å². The Morgan fingerprint density at radius 3 is 1.32 bits per heavy atom. The van der Waals surface area contributed by atoms with E-state index in [4.69, 9.17) is 24.3 Å². The maximum absolute atomic E-state index is 12.6. The summed E-state index contributed by atoms with van der Waals surface area (Å²) in [4.78, 5) is 34.8. The molecule has 0 amide bonds. The van der Waals surface area contributed by atoms with Gasteiger partial charge in [0.15, 0.2) is 6.10 Å². The van der Waals surface area contributed by atoms with Gasteiger partial charge in [-0.15, -0.1) is 0 Å². The Morgan fingerprint density at radius 1 is 0.500 bits per heavy atom. The number of phosphoric ester groups is 1. The van der Waals surface area contributed by atoms with Gasteiger partial charge in [0.2, 0.25) is 0 Å². The number of carbonyl (C=O) groups is 2. The van der Waals surface area contributed by atoms with Crippen LogP contribution in [0.25, 0.3) is 0 Å². The van der Waals surface area contributed by atoms with E-state index in [1.165, 1.54) is 122 Å². The highest BCUT2D eigenvalue weighted by atomic mass is 31.2. The lowest BCUT2D eigenvalue weighted by Gasteiger charge is -2.19. The predicted molar refractivity (Wildman–Crippen MR) is 261 cm³/mol. The van der Waals surface area contributed by atoms with Crippen LogP contribution in [0.4, 0.5) is 0 Å². The minimum atomic E-state index is -4.37. The summed E-state index contributed by atoms with van der Waals surface area (Å²) < 4.78 is 32.7. The van der Waals surface area contributed by atoms with E-state index in [9.17, 15) is 19.0 Å². The number of rotatable bonds is 47. The fourth-order valence-electron chi connectivity index (χ4n) is 6.96. The topological polar surface area (TPSA) is 134 Å². The molecule has 0 aromatic carbocycles. The first-order chi connectivity index (χ1) is 30.3. The van der Waals surface area contributed by atoms with Gasteiger partial charge in [-0.25, -0.2) is 4.57 Å². The Morgan fingerprint density at radius 2 is 0.887 bits per heavy atom. The van der Waals surface area contributed by atoms with Gasteiger partial charge in [-0.05, 0) is 57.8 Å². The van der Waals surface area contributed by atoms with Gasteiger partial charge in [0.25, 0.3) is 0 Å². The summed E-state index contributed by atoms with van der Waals surface area (Å²) >= 11 is 0. The summed E-state index contributed by atoms with van der Waals surface area (Å²) in [6.07, 6.45) is 58.7. The lowest BCUT2D eigenvalue weighted by Crippen LogP contribution is -2.29. The molecule has 3 N–H and O–H groups in total. The van der Waals surface area contributed by atoms with Gasteiger partial charge < -0.3 is 20.1 Å². The summed E-state index contributed by atoms with van der Waals surface area (Å²) in [5.41, 5.74) is 5.35. The second kappa shape index (κ2) is 48.2. The zero-order valence-electron chi connectivity index (χ0n) is 39.8. The normalized spacial score (nSPS) is 13.7. The highest BCUT2D eigenvalue weighted by Gasteiger charge is 2.26. The average molecular weight is 892 g/mol. The van der Waals surface area contributed by atoms with E-state index in [0.29, 0.717) is 6.42 Å². The van der Waals surface area contributed by atoms with Crippen molar-refractivity contribution in [3.05, 3.63) is 60.8 Å². The first-order valence-electron chi connectivity index (χ1n) is 25.3. The molecule has 0 fully saturated rings. The lowest BCUT2D eigenvalue weighted by molar-refractivity contribution is -0.161. The van der Waals surface area contributed by atoms with Crippen molar-refractivity contribution in [2.45, 2.75) is 232 Å². The molecule has 0 aliphatic heterocycles. The molecule has 0 saturated heterocycles. The molecule has 10 heteroatoms. The van der Waals surface area contributed by atoms with Crippen molar-refractivity contribution >= 4 is 19.8 Å². The molecule has 2 unspecified atom stereocenters. The van der Waals surface area contributed by atoms with E-state index in [1.807, 2.05) is 0 Å². The number of ether oxygens (including phenoxy) is 2. The Kier molecular flexibility index (Phi) is 46.4. The fourth-order valence-corrected chi connectivity index (χ4v) is 7.72. The second-order valence-electron chi connectivity index (χ2n) is 16.7. The van der Waals surface area contributed by atoms with Crippen LogP contribution in [-0.4, -0.2) is 49.3 Å². The van der Waals surface area contributed by atoms with Gasteiger partial charge in [0, 0.05) is 19.4 Å². The molecule has 0 aliphatic rings. The van der Waals surface area contributed by atoms with Crippen LogP contribution in [0, 0.1) is 0 Å². The molecular formula is C52H94NO8P. The molecule has 9 nitrogen and oxygen atoms in total. The average Bonchev–Trinajstić information content (AvgIpc) is 3.26. The van der Waals surface area contributed by atoms with Gasteiger partial charge in [0.1, 0.15) is 6.61 Å². The zero-order valence-corrected chi connectivity index (χ0v) is 40.7. The van der Waals surface area contributed by atoms with Crippen LogP contribution in [0.5, 0.6) is 0 Å². The van der Waals surface area contributed by atoms with Crippen molar-refractivity contribution < 1.29 is 37.6 Å². The molecule has 0 radical (unpaired) electrons. The lowest BCUT2D eigenvalue weighted by atomic mass is 10.0. The van der Waals surface area contributed by atoms with Gasteiger partial charge in [0.05, 0.1) is 13.2 Å². The van der Waals surface area contributed by atoms with Crippen LogP contribution < -0.4 is 5.73 Å². The third kappa shape index (κ3) is 47.2. The summed E-state index contributed by atoms with van der Waals surface area (Å²) in [5.74, 6) is -0.828. The number of unbranched alkanes of at least 4 members (excludes halogenated alkanes) is 24. The Hall–Kier alpha value is -2.29. The van der Waals surface area contributed by atoms with E-state index in [1.54, 1.807) is 0 Å². The van der Waals surface area contributed by atoms with Crippen molar-refractivity contribution in [2.75, 3.05) is 26.4 Å². The van der Waals surface area contributed by atoms with E-state index >= 15 is 0 Å². The quantitative estimate of drug-likeness (QED) is 0.0265. The van der Waals surface area contributed by atoms with E-state index < -0.39 is 26.5 Å². The Bertz CT molecular complexity index is 1200. The largest absolute Gasteiger partial charge is 0.472 e. The van der Waals surface area contributed by atoms with Gasteiger partial charge in [-0.1, -0.05) is 216 Å². The molecule has 0 aliphatic carbocycles. The van der Waals surface area contributed by atoms with E-state index in [-0.39, 0.29) is 38.6 Å². The smallest absolute Gasteiger partial charge is 0.462 e. The standard InChI is InChI=1S/C52H94NO8P/c1-3-5-7-9-11-13-14-15-16-17-18-19-20-21-22-23-24-25-26-27-28-29-30-31-32-33-34-35-36-37-39-41-43-45-52(55)61-50(49-60-62(56,57)59-47-46-53)48-58-51(54)44-42-40-38-12-10-8-6-4-2/h5,7,11,13,15-16,18-19,21-22,50H,3-4,6,8-10,12,14,17,20,23-49,53H2,1-2H3,(H,56,57)/b7-5-,13-11-,16-15-,19-18-,22-21-. The molecule has 0 rings (SSSR count). The van der Waals surface area contributed by atoms with Crippen LogP contribution in [0.2, 0.25) is 0 Å². The Labute approximate surface area is 380 Å². The van der Waals surface area contributed by atoms with Gasteiger partial charge in [-0.3, -0.25) is 18.6 Å². The SMILES string of the molecule is CC/C=C\C/C=C\C/C=C\C/C=C\C/C=C\CCCCCCCCCCCCCCCCCCCC(=O)OC(COC(=O)CCCCCCCCCC)COP(=O)(O)OCCN. The van der Waals surface area contributed by atoms with Crippen LogP contribution in [0.3, 0.4) is 0 Å². The molecule has 0 aromatic rings. The van der Waals surface area contributed by atoms with Crippen LogP contribution in [0.15, 0.2) is 60.8 Å². The minimum absolute atomic E-state index is 0.0538. The molecule has 2 atom stereocenters. The summed E-state index contributed by atoms with van der Waals surface area (Å²) in [6, 6.07) is 0. The number of phosphoric acid groups is 1. The molecule has 62 heavy (non-hydrogen) atoms. The second-order valence-corrected chi connectivity index (χ2v) is 18.1. The molecule has 360 valence electrons. The summed E-state index contributed by atoms with van der Waals surface area (Å²) in [5, 5.41) is 0. The number of carbonyl (C=O) groups excluding carboxylic acids is 2. The molecule has 0 bridgehead atoms. The maximum Gasteiger partial charge on any atom is 0.472 e. The molecule has 0 heterocycles. The number of esters is 2. The van der Waals surface area contributed by atoms with Crippen molar-refractivity contribution in [2.24, 2.45) is 5.73 Å². The first-order valence-corrected chi connectivity index (χ1v) is 26.8. The molecular weight excluding hydrogens is 798 g/mol. The third-order valence-corrected chi connectivity index (χ3v) is 11.7. The molecule has 0 saturated carbocycles. The molecule has 0 spiro atoms. The first kappa shape index (κ1) is 59.7. The van der Waals surface area contributed by atoms with Crippen molar-refractivity contribution in [3.63, 3.8) is 0 Å². The van der Waals surface area contributed by atoms with Gasteiger partial charge >= 0.3 is 19.8 Å². The predicted octanol–water partition coefficient (Wildman–Crippen LogP) is 15.2. The minimum Gasteiger partial charge on any atom is -0.462 e. The maximum atomic E-state index is 12.6. The number of allylic oxidation sites excluding steroid dienone is 10. The van der Waals surface area contributed by atoms with Crippen molar-refractivity contribution in [3.8, 4) is 0 Å². The van der Waals surface area contributed by atoms with Crippen LogP contribution >= 0.6 is 7.82 Å². The number of hydrogen-bond acceptors (Lipinski definition) is 8. The van der Waals surface area contributed by atoms with Crippen LogP contribution in [-0.2, 0) is 32.7 Å². The van der Waals surface area contributed by atoms with Gasteiger partial charge in [-0.2, -0.15) is 0 Å². The fraction of sp³-hybridized carbons (Fsp3) is 0.769. The van der Waals surface area contributed by atoms with E-state index in [0.717, 1.165) is 70.6 Å². The summed E-state index contributed by atoms with van der Waals surface area (Å²) in [7, 11) is -4.37. The van der Waals surface area contributed by atoms with Crippen molar-refractivity contribution in [1.82, 2.24) is 0 Å². The molecule has 0 aromatic heterocycles. The number of hydrogen-bond donors (Lipinski definition) is 2.